The number of anilines is 1. The molecule has 1 saturated heterocycles. The van der Waals surface area contributed by atoms with Gasteiger partial charge in [-0.15, -0.1) is 0 Å². The molecule has 0 spiro atoms. The molecule has 8 nitrogen and oxygen atoms in total. The number of thioether (sulfide) groups is 1. The van der Waals surface area contributed by atoms with Gasteiger partial charge in [0.25, 0.3) is 15.9 Å². The minimum Gasteiger partial charge on any atom is -0.343 e. The van der Waals surface area contributed by atoms with Gasteiger partial charge in [0, 0.05) is 41.3 Å². The van der Waals surface area contributed by atoms with Crippen LogP contribution < -0.4 is 10.0 Å². The maximum Gasteiger partial charge on any atom is 0.261 e. The van der Waals surface area contributed by atoms with E-state index in [1.54, 1.807) is 65.2 Å². The van der Waals surface area contributed by atoms with E-state index in [1.165, 1.54) is 30.3 Å². The average Bonchev–Trinajstić information content (AvgIpc) is 2.92. The Morgan fingerprint density at radius 3 is 2.14 bits per heavy atom. The number of hydrogen-bond donors (Lipinski definition) is 2. The summed E-state index contributed by atoms with van der Waals surface area (Å²) in [5.74, 6) is 0.850. The second-order valence-electron chi connectivity index (χ2n) is 8.05. The van der Waals surface area contributed by atoms with Crippen LogP contribution in [0.5, 0.6) is 0 Å². The van der Waals surface area contributed by atoms with Crippen LogP contribution in [0.2, 0.25) is 0 Å². The van der Waals surface area contributed by atoms with Gasteiger partial charge < -0.3 is 10.2 Å². The Morgan fingerprint density at radius 2 is 1.44 bits per heavy atom. The lowest BCUT2D eigenvalue weighted by Gasteiger charge is -2.26. The van der Waals surface area contributed by atoms with E-state index in [0.29, 0.717) is 18.7 Å². The Balaban J connectivity index is 1.43. The molecule has 1 fully saturated rings. The summed E-state index contributed by atoms with van der Waals surface area (Å²) in [5, 5.41) is 2.59. The molecule has 3 aromatic carbocycles. The van der Waals surface area contributed by atoms with Crippen molar-refractivity contribution in [3.63, 3.8) is 0 Å². The largest absolute Gasteiger partial charge is 0.343 e. The summed E-state index contributed by atoms with van der Waals surface area (Å²) < 4.78 is 28.5. The molecule has 0 aliphatic carbocycles. The van der Waals surface area contributed by atoms with Gasteiger partial charge >= 0.3 is 0 Å². The molecule has 1 aliphatic heterocycles. The van der Waals surface area contributed by atoms with Gasteiger partial charge in [0.1, 0.15) is 0 Å². The number of sulfonamides is 1. The third-order valence-corrected chi connectivity index (χ3v) is 7.97. The minimum atomic E-state index is -4.03. The first kappa shape index (κ1) is 25.5. The highest BCUT2D eigenvalue weighted by molar-refractivity contribution is 7.99. The summed E-state index contributed by atoms with van der Waals surface area (Å²) in [6, 6.07) is 20.4. The zero-order chi connectivity index (χ0) is 25.5. The number of carbonyl (C=O) groups excluding carboxylic acids is 3. The molecule has 2 amide bonds. The van der Waals surface area contributed by atoms with E-state index in [1.807, 2.05) is 0 Å². The van der Waals surface area contributed by atoms with E-state index in [2.05, 4.69) is 10.0 Å². The summed E-state index contributed by atoms with van der Waals surface area (Å²) in [7, 11) is -4.03. The molecule has 0 unspecified atom stereocenters. The summed E-state index contributed by atoms with van der Waals surface area (Å²) in [5.41, 5.74) is 1.05. The summed E-state index contributed by atoms with van der Waals surface area (Å²) in [6.45, 7) is 1.22. The highest BCUT2D eigenvalue weighted by Gasteiger charge is 2.21. The van der Waals surface area contributed by atoms with Gasteiger partial charge in [0.2, 0.25) is 5.91 Å². The molecule has 1 heterocycles. The van der Waals surface area contributed by atoms with Gasteiger partial charge in [0.05, 0.1) is 17.1 Å². The van der Waals surface area contributed by atoms with Gasteiger partial charge in [-0.05, 0) is 36.4 Å². The Hall–Kier alpha value is -3.63. The molecular weight excluding hydrogens is 498 g/mol. The molecule has 0 saturated carbocycles. The van der Waals surface area contributed by atoms with Crippen LogP contribution in [0.1, 0.15) is 26.3 Å². The lowest BCUT2D eigenvalue weighted by Crippen LogP contribution is -2.43. The van der Waals surface area contributed by atoms with Gasteiger partial charge in [0.15, 0.2) is 5.78 Å². The number of benzene rings is 3. The van der Waals surface area contributed by atoms with Crippen LogP contribution in [-0.4, -0.2) is 62.1 Å². The molecule has 2 N–H and O–H groups in total. The smallest absolute Gasteiger partial charge is 0.261 e. The normalized spacial score (nSPS) is 13.6. The number of ketones is 1. The zero-order valence-electron chi connectivity index (χ0n) is 19.3. The van der Waals surface area contributed by atoms with Crippen molar-refractivity contribution in [3.8, 4) is 0 Å². The Morgan fingerprint density at radius 1 is 0.806 bits per heavy atom. The van der Waals surface area contributed by atoms with Crippen molar-refractivity contribution in [2.45, 2.75) is 4.90 Å². The van der Waals surface area contributed by atoms with Crippen molar-refractivity contribution in [2.75, 3.05) is 35.9 Å². The lowest BCUT2D eigenvalue weighted by atomic mass is 10.0. The van der Waals surface area contributed by atoms with Crippen molar-refractivity contribution >= 4 is 45.1 Å². The predicted octanol–water partition coefficient (Wildman–Crippen LogP) is 3.02. The Labute approximate surface area is 214 Å². The number of rotatable bonds is 8. The molecule has 0 atom stereocenters. The van der Waals surface area contributed by atoms with Crippen molar-refractivity contribution in [1.82, 2.24) is 10.2 Å². The second-order valence-corrected chi connectivity index (χ2v) is 11.0. The van der Waals surface area contributed by atoms with Crippen LogP contribution in [0.3, 0.4) is 0 Å². The van der Waals surface area contributed by atoms with Crippen LogP contribution in [0, 0.1) is 0 Å². The van der Waals surface area contributed by atoms with Gasteiger partial charge in [-0.2, -0.15) is 11.8 Å². The molecule has 10 heteroatoms. The number of nitrogens with one attached hydrogen (secondary N) is 2. The third kappa shape index (κ3) is 6.13. The van der Waals surface area contributed by atoms with Crippen molar-refractivity contribution < 1.29 is 22.8 Å². The highest BCUT2D eigenvalue weighted by atomic mass is 32.2. The van der Waals surface area contributed by atoms with Crippen molar-refractivity contribution in [3.05, 3.63) is 95.6 Å². The van der Waals surface area contributed by atoms with Crippen LogP contribution in [-0.2, 0) is 14.8 Å². The third-order valence-electron chi connectivity index (χ3n) is 5.64. The molecule has 0 bridgehead atoms. The first-order valence-corrected chi connectivity index (χ1v) is 13.9. The van der Waals surface area contributed by atoms with Crippen molar-refractivity contribution in [2.24, 2.45) is 0 Å². The molecule has 0 radical (unpaired) electrons. The van der Waals surface area contributed by atoms with Crippen LogP contribution >= 0.6 is 11.8 Å². The molecular formula is C26H25N3O5S2. The van der Waals surface area contributed by atoms with E-state index in [0.717, 1.165) is 11.5 Å². The fraction of sp³-hybridized carbons (Fsp3) is 0.192. The van der Waals surface area contributed by atoms with E-state index >= 15 is 0 Å². The first-order valence-electron chi connectivity index (χ1n) is 11.3. The maximum atomic E-state index is 13.0. The second kappa shape index (κ2) is 11.4. The van der Waals surface area contributed by atoms with Gasteiger partial charge in [-0.3, -0.25) is 19.1 Å². The summed E-state index contributed by atoms with van der Waals surface area (Å²) in [6.07, 6.45) is 0. The van der Waals surface area contributed by atoms with E-state index in [-0.39, 0.29) is 39.9 Å². The van der Waals surface area contributed by atoms with Crippen LogP contribution in [0.25, 0.3) is 0 Å². The number of hydrogen-bond acceptors (Lipinski definition) is 6. The van der Waals surface area contributed by atoms with E-state index in [9.17, 15) is 22.8 Å². The molecule has 0 aromatic heterocycles. The molecule has 36 heavy (non-hydrogen) atoms. The Bertz CT molecular complexity index is 1350. The molecule has 186 valence electrons. The predicted molar refractivity (Wildman–Crippen MR) is 140 cm³/mol. The van der Waals surface area contributed by atoms with Gasteiger partial charge in [-0.1, -0.05) is 42.5 Å². The topological polar surface area (TPSA) is 113 Å². The number of nitrogens with zero attached hydrogens (tertiary/aromatic N) is 1. The van der Waals surface area contributed by atoms with Crippen molar-refractivity contribution in [1.29, 1.82) is 0 Å². The number of carbonyl (C=O) groups is 3. The summed E-state index contributed by atoms with van der Waals surface area (Å²) in [4.78, 5) is 39.3. The lowest BCUT2D eigenvalue weighted by molar-refractivity contribution is -0.129. The standard InChI is InChI=1S/C26H25N3O5S2/c30-24(29-14-16-35-17-15-29)18-27-26(32)20-10-12-21(13-11-20)36(33,34)28-23-9-5-4-8-22(23)25(31)19-6-2-1-3-7-19/h1-13,28H,14-18H2,(H,27,32). The average molecular weight is 524 g/mol. The molecule has 4 rings (SSSR count). The fourth-order valence-corrected chi connectivity index (χ4v) is 5.67. The zero-order valence-corrected chi connectivity index (χ0v) is 21.0. The van der Waals surface area contributed by atoms with Crippen LogP contribution in [0.4, 0.5) is 5.69 Å². The van der Waals surface area contributed by atoms with Gasteiger partial charge in [-0.25, -0.2) is 8.42 Å². The first-order chi connectivity index (χ1) is 17.3. The van der Waals surface area contributed by atoms with E-state index in [4.69, 9.17) is 0 Å². The van der Waals surface area contributed by atoms with E-state index < -0.39 is 15.9 Å². The highest BCUT2D eigenvalue weighted by Crippen LogP contribution is 2.23. The molecule has 3 aromatic rings. The minimum absolute atomic E-state index is 0.0668. The Kier molecular flexibility index (Phi) is 8.07. The number of para-hydroxylation sites is 1. The quantitative estimate of drug-likeness (QED) is 0.439. The SMILES string of the molecule is O=C(NCC(=O)N1CCSCC1)c1ccc(S(=O)(=O)Nc2ccccc2C(=O)c2ccccc2)cc1. The monoisotopic (exact) mass is 523 g/mol. The maximum absolute atomic E-state index is 13.0. The van der Waals surface area contributed by atoms with Crippen LogP contribution in [0.15, 0.2) is 83.8 Å². The fourth-order valence-electron chi connectivity index (χ4n) is 3.69. The summed E-state index contributed by atoms with van der Waals surface area (Å²) >= 11 is 1.79. The molecule has 1 aliphatic rings. The number of amides is 2.